The van der Waals surface area contributed by atoms with Crippen molar-refractivity contribution in [2.75, 3.05) is 13.1 Å². The Bertz CT molecular complexity index is 311. The van der Waals surface area contributed by atoms with Crippen LogP contribution in [0.5, 0.6) is 0 Å². The van der Waals surface area contributed by atoms with Crippen LogP contribution in [0.1, 0.15) is 40.0 Å². The molecule has 1 fully saturated rings. The minimum absolute atomic E-state index is 0.0212. The number of nitrogens with two attached hydrogens (primary N) is 1. The third-order valence-electron chi connectivity index (χ3n) is 4.01. The zero-order chi connectivity index (χ0) is 13.8. The summed E-state index contributed by atoms with van der Waals surface area (Å²) < 4.78 is 0. The number of carbonyl (C=O) groups excluding carboxylic acids is 2. The zero-order valence-electron chi connectivity index (χ0n) is 11.6. The summed E-state index contributed by atoms with van der Waals surface area (Å²) in [6.07, 6.45) is 2.46. The molecule has 0 spiro atoms. The molecule has 2 unspecified atom stereocenters. The number of hydrogen-bond acceptors (Lipinski definition) is 3. The molecule has 0 radical (unpaired) electrons. The Morgan fingerprint density at radius 2 is 2.17 bits per heavy atom. The van der Waals surface area contributed by atoms with Gasteiger partial charge in [0.1, 0.15) is 5.54 Å². The van der Waals surface area contributed by atoms with E-state index in [9.17, 15) is 9.59 Å². The lowest BCUT2D eigenvalue weighted by molar-refractivity contribution is -0.132. The van der Waals surface area contributed by atoms with Crippen molar-refractivity contribution in [1.82, 2.24) is 10.6 Å². The Kier molecular flexibility index (Phi) is 5.14. The van der Waals surface area contributed by atoms with Crippen molar-refractivity contribution in [2.24, 2.45) is 17.6 Å². The highest BCUT2D eigenvalue weighted by Crippen LogP contribution is 2.18. The van der Waals surface area contributed by atoms with Gasteiger partial charge in [0, 0.05) is 6.42 Å². The molecule has 2 atom stereocenters. The molecule has 0 aliphatic carbocycles. The van der Waals surface area contributed by atoms with Crippen LogP contribution in [0.4, 0.5) is 0 Å². The highest BCUT2D eigenvalue weighted by Gasteiger charge is 2.36. The molecule has 0 saturated carbocycles. The lowest BCUT2D eigenvalue weighted by atomic mass is 9.87. The zero-order valence-corrected chi connectivity index (χ0v) is 11.6. The Morgan fingerprint density at radius 3 is 2.61 bits per heavy atom. The van der Waals surface area contributed by atoms with Gasteiger partial charge in [-0.15, -0.1) is 0 Å². The molecule has 5 heteroatoms. The SMILES string of the molecule is CC(C)C(C)(NC(=O)CCC1CCNC1)C(N)=O. The quantitative estimate of drug-likeness (QED) is 0.642. The van der Waals surface area contributed by atoms with Gasteiger partial charge in [-0.1, -0.05) is 13.8 Å². The highest BCUT2D eigenvalue weighted by atomic mass is 16.2. The third kappa shape index (κ3) is 3.70. The van der Waals surface area contributed by atoms with Crippen molar-refractivity contribution in [1.29, 1.82) is 0 Å². The second kappa shape index (κ2) is 6.18. The van der Waals surface area contributed by atoms with E-state index in [1.807, 2.05) is 13.8 Å². The molecule has 5 nitrogen and oxygen atoms in total. The molecule has 1 aliphatic rings. The van der Waals surface area contributed by atoms with Gasteiger partial charge >= 0.3 is 0 Å². The van der Waals surface area contributed by atoms with E-state index in [4.69, 9.17) is 5.73 Å². The molecule has 0 aromatic heterocycles. The second-order valence-electron chi connectivity index (χ2n) is 5.67. The van der Waals surface area contributed by atoms with Gasteiger partial charge in [0.05, 0.1) is 0 Å². The van der Waals surface area contributed by atoms with Crippen LogP contribution in [0.2, 0.25) is 0 Å². The van der Waals surface area contributed by atoms with Gasteiger partial charge in [-0.2, -0.15) is 0 Å². The number of hydrogen-bond donors (Lipinski definition) is 3. The van der Waals surface area contributed by atoms with Crippen LogP contribution in [0, 0.1) is 11.8 Å². The summed E-state index contributed by atoms with van der Waals surface area (Å²) in [5, 5.41) is 6.06. The van der Waals surface area contributed by atoms with Crippen molar-refractivity contribution < 1.29 is 9.59 Å². The summed E-state index contributed by atoms with van der Waals surface area (Å²) in [6.45, 7) is 7.48. The summed E-state index contributed by atoms with van der Waals surface area (Å²) in [6, 6.07) is 0. The van der Waals surface area contributed by atoms with E-state index in [-0.39, 0.29) is 11.8 Å². The lowest BCUT2D eigenvalue weighted by Crippen LogP contribution is -2.58. The molecular weight excluding hydrogens is 230 g/mol. The molecule has 2 amide bonds. The van der Waals surface area contributed by atoms with E-state index in [1.165, 1.54) is 0 Å². The number of nitrogens with one attached hydrogen (secondary N) is 2. The Balaban J connectivity index is 2.44. The van der Waals surface area contributed by atoms with E-state index >= 15 is 0 Å². The fourth-order valence-electron chi connectivity index (χ4n) is 2.14. The molecule has 104 valence electrons. The minimum Gasteiger partial charge on any atom is -0.368 e. The topological polar surface area (TPSA) is 84.2 Å². The number of rotatable bonds is 6. The summed E-state index contributed by atoms with van der Waals surface area (Å²) in [5.41, 5.74) is 4.42. The van der Waals surface area contributed by atoms with E-state index in [0.717, 1.165) is 25.9 Å². The van der Waals surface area contributed by atoms with Crippen LogP contribution in [0.15, 0.2) is 0 Å². The molecule has 1 rings (SSSR count). The van der Waals surface area contributed by atoms with Crippen molar-refractivity contribution in [2.45, 2.75) is 45.6 Å². The number of primary amides is 1. The highest BCUT2D eigenvalue weighted by molar-refractivity contribution is 5.90. The third-order valence-corrected chi connectivity index (χ3v) is 4.01. The van der Waals surface area contributed by atoms with Crippen LogP contribution < -0.4 is 16.4 Å². The van der Waals surface area contributed by atoms with Crippen LogP contribution in [0.3, 0.4) is 0 Å². The lowest BCUT2D eigenvalue weighted by Gasteiger charge is -2.31. The fraction of sp³-hybridized carbons (Fsp3) is 0.846. The van der Waals surface area contributed by atoms with Crippen LogP contribution in [-0.2, 0) is 9.59 Å². The second-order valence-corrected chi connectivity index (χ2v) is 5.67. The first-order valence-corrected chi connectivity index (χ1v) is 6.68. The van der Waals surface area contributed by atoms with Gasteiger partial charge < -0.3 is 16.4 Å². The average Bonchev–Trinajstić information content (AvgIpc) is 2.78. The van der Waals surface area contributed by atoms with Gasteiger partial charge in [-0.05, 0) is 44.7 Å². The van der Waals surface area contributed by atoms with Gasteiger partial charge in [0.2, 0.25) is 11.8 Å². The molecule has 18 heavy (non-hydrogen) atoms. The minimum atomic E-state index is -0.953. The maximum atomic E-state index is 11.9. The molecule has 0 aromatic carbocycles. The Labute approximate surface area is 109 Å². The average molecular weight is 255 g/mol. The maximum absolute atomic E-state index is 11.9. The maximum Gasteiger partial charge on any atom is 0.243 e. The monoisotopic (exact) mass is 255 g/mol. The van der Waals surface area contributed by atoms with Crippen molar-refractivity contribution in [3.63, 3.8) is 0 Å². The Morgan fingerprint density at radius 1 is 1.50 bits per heavy atom. The number of amides is 2. The standard InChI is InChI=1S/C13H25N3O2/c1-9(2)13(3,12(14)18)16-11(17)5-4-10-6-7-15-8-10/h9-10,15H,4-8H2,1-3H3,(H2,14,18)(H,16,17). The first kappa shape index (κ1) is 15.0. The van der Waals surface area contributed by atoms with E-state index in [0.29, 0.717) is 12.3 Å². The van der Waals surface area contributed by atoms with Crippen LogP contribution in [-0.4, -0.2) is 30.4 Å². The molecule has 1 aliphatic heterocycles. The first-order chi connectivity index (χ1) is 8.36. The van der Waals surface area contributed by atoms with Crippen LogP contribution >= 0.6 is 0 Å². The molecule has 0 bridgehead atoms. The predicted molar refractivity (Wildman–Crippen MR) is 70.8 cm³/mol. The van der Waals surface area contributed by atoms with Gasteiger partial charge in [0.25, 0.3) is 0 Å². The molecular formula is C13H25N3O2. The van der Waals surface area contributed by atoms with Gasteiger partial charge in [-0.3, -0.25) is 9.59 Å². The summed E-state index contributed by atoms with van der Waals surface area (Å²) in [4.78, 5) is 23.3. The fourth-order valence-corrected chi connectivity index (χ4v) is 2.14. The van der Waals surface area contributed by atoms with Crippen molar-refractivity contribution in [3.05, 3.63) is 0 Å². The van der Waals surface area contributed by atoms with Crippen molar-refractivity contribution >= 4 is 11.8 Å². The van der Waals surface area contributed by atoms with E-state index in [2.05, 4.69) is 10.6 Å². The number of carbonyl (C=O) groups is 2. The molecule has 1 heterocycles. The first-order valence-electron chi connectivity index (χ1n) is 6.68. The Hall–Kier alpha value is -1.10. The molecule has 1 saturated heterocycles. The smallest absolute Gasteiger partial charge is 0.243 e. The van der Waals surface area contributed by atoms with E-state index < -0.39 is 11.4 Å². The summed E-state index contributed by atoms with van der Waals surface area (Å²) in [5.74, 6) is -0.00739. The predicted octanol–water partition coefficient (Wildman–Crippen LogP) is 0.392. The van der Waals surface area contributed by atoms with Gasteiger partial charge in [0.15, 0.2) is 0 Å². The normalized spacial score (nSPS) is 22.8. The van der Waals surface area contributed by atoms with Crippen LogP contribution in [0.25, 0.3) is 0 Å². The van der Waals surface area contributed by atoms with Gasteiger partial charge in [-0.25, -0.2) is 0 Å². The summed E-state index contributed by atoms with van der Waals surface area (Å²) >= 11 is 0. The molecule has 0 aromatic rings. The van der Waals surface area contributed by atoms with E-state index in [1.54, 1.807) is 6.92 Å². The molecule has 4 N–H and O–H groups in total. The van der Waals surface area contributed by atoms with Crippen molar-refractivity contribution in [3.8, 4) is 0 Å². The largest absolute Gasteiger partial charge is 0.368 e. The summed E-state index contributed by atoms with van der Waals surface area (Å²) in [7, 11) is 0.